The van der Waals surface area contributed by atoms with Crippen LogP contribution >= 0.6 is 11.3 Å². The number of nitrogens with zero attached hydrogens (tertiary/aromatic N) is 4. The molecule has 0 N–H and O–H groups in total. The first-order valence-electron chi connectivity index (χ1n) is 8.50. The molecular formula is C18H22N4OS. The minimum Gasteiger partial charge on any atom is -0.353 e. The molecular weight excluding hydrogens is 320 g/mol. The van der Waals surface area contributed by atoms with E-state index in [1.54, 1.807) is 17.7 Å². The fourth-order valence-electron chi connectivity index (χ4n) is 3.76. The van der Waals surface area contributed by atoms with E-state index >= 15 is 0 Å². The van der Waals surface area contributed by atoms with Crippen molar-refractivity contribution >= 4 is 33.3 Å². The number of thiophene rings is 1. The van der Waals surface area contributed by atoms with E-state index < -0.39 is 0 Å². The zero-order valence-electron chi connectivity index (χ0n) is 14.1. The van der Waals surface area contributed by atoms with E-state index in [-0.39, 0.29) is 12.0 Å². The van der Waals surface area contributed by atoms with E-state index in [0.717, 1.165) is 48.5 Å². The summed E-state index contributed by atoms with van der Waals surface area (Å²) < 4.78 is 0. The zero-order valence-corrected chi connectivity index (χ0v) is 14.9. The van der Waals surface area contributed by atoms with Crippen molar-refractivity contribution in [3.63, 3.8) is 0 Å². The Morgan fingerprint density at radius 3 is 3.04 bits per heavy atom. The van der Waals surface area contributed by atoms with Crippen molar-refractivity contribution in [2.45, 2.75) is 32.7 Å². The lowest BCUT2D eigenvalue weighted by molar-refractivity contribution is -0.139. The maximum atomic E-state index is 12.8. The molecule has 6 heteroatoms. The van der Waals surface area contributed by atoms with Crippen molar-refractivity contribution in [2.24, 2.45) is 5.92 Å². The molecule has 0 aromatic carbocycles. The lowest BCUT2D eigenvalue weighted by Crippen LogP contribution is -2.47. The molecule has 0 unspecified atom stereocenters. The van der Waals surface area contributed by atoms with Crippen LogP contribution in [-0.4, -0.2) is 46.5 Å². The number of fused-ring (bicyclic) bond motifs is 5. The first kappa shape index (κ1) is 15.6. The van der Waals surface area contributed by atoms with Gasteiger partial charge in [0.2, 0.25) is 5.91 Å². The van der Waals surface area contributed by atoms with Crippen LogP contribution in [0.25, 0.3) is 10.2 Å². The predicted octanol–water partition coefficient (Wildman–Crippen LogP) is 3.08. The lowest BCUT2D eigenvalue weighted by atomic mass is 9.94. The highest BCUT2D eigenvalue weighted by Crippen LogP contribution is 2.34. The highest BCUT2D eigenvalue weighted by Gasteiger charge is 2.40. The molecule has 24 heavy (non-hydrogen) atoms. The van der Waals surface area contributed by atoms with Crippen molar-refractivity contribution < 1.29 is 4.79 Å². The topological polar surface area (TPSA) is 49.3 Å². The van der Waals surface area contributed by atoms with Gasteiger partial charge in [-0.2, -0.15) is 0 Å². The van der Waals surface area contributed by atoms with Crippen molar-refractivity contribution in [1.29, 1.82) is 0 Å². The van der Waals surface area contributed by atoms with Crippen LogP contribution in [0.5, 0.6) is 0 Å². The van der Waals surface area contributed by atoms with E-state index in [9.17, 15) is 4.79 Å². The highest BCUT2D eigenvalue weighted by atomic mass is 32.1. The summed E-state index contributed by atoms with van der Waals surface area (Å²) in [6, 6.07) is 2.36. The van der Waals surface area contributed by atoms with Crippen molar-refractivity contribution in [2.75, 3.05) is 24.5 Å². The minimum atomic E-state index is 0.0814. The molecule has 5 heterocycles. The SMILES string of the molecule is CC(C)=CCN1C(=O)[C@H]2CC[C@@H]1CN(c1ncnc3sccc13)C2. The molecule has 0 spiro atoms. The van der Waals surface area contributed by atoms with E-state index in [1.807, 2.05) is 0 Å². The maximum absolute atomic E-state index is 12.8. The monoisotopic (exact) mass is 342 g/mol. The van der Waals surface area contributed by atoms with E-state index in [0.29, 0.717) is 5.91 Å². The molecule has 3 fully saturated rings. The summed E-state index contributed by atoms with van der Waals surface area (Å²) in [5, 5.41) is 3.16. The summed E-state index contributed by atoms with van der Waals surface area (Å²) >= 11 is 1.64. The minimum absolute atomic E-state index is 0.0814. The second-order valence-corrected chi connectivity index (χ2v) is 7.84. The molecule has 0 saturated carbocycles. The van der Waals surface area contributed by atoms with E-state index in [2.05, 4.69) is 51.1 Å². The Hall–Kier alpha value is -1.95. The Kier molecular flexibility index (Phi) is 4.00. The number of amides is 1. The Bertz CT molecular complexity index is 795. The van der Waals surface area contributed by atoms with Crippen LogP contribution in [0.15, 0.2) is 29.4 Å². The third-order valence-corrected chi connectivity index (χ3v) is 5.85. The largest absolute Gasteiger partial charge is 0.353 e. The third-order valence-electron chi connectivity index (χ3n) is 5.03. The van der Waals surface area contributed by atoms with Crippen molar-refractivity contribution in [3.05, 3.63) is 29.4 Å². The van der Waals surface area contributed by atoms with E-state index in [1.165, 1.54) is 5.57 Å². The Labute approximate surface area is 146 Å². The van der Waals surface area contributed by atoms with Crippen molar-refractivity contribution in [1.82, 2.24) is 14.9 Å². The molecule has 2 aromatic rings. The van der Waals surface area contributed by atoms with Gasteiger partial charge in [0.15, 0.2) is 0 Å². The number of hydrogen-bond donors (Lipinski definition) is 0. The first-order valence-corrected chi connectivity index (χ1v) is 9.38. The molecule has 3 aliphatic heterocycles. The summed E-state index contributed by atoms with van der Waals surface area (Å²) in [5.41, 5.74) is 1.26. The molecule has 1 amide bonds. The third kappa shape index (κ3) is 2.69. The van der Waals surface area contributed by atoms with Crippen LogP contribution < -0.4 is 4.90 Å². The predicted molar refractivity (Wildman–Crippen MR) is 97.3 cm³/mol. The van der Waals surface area contributed by atoms with Gasteiger partial charge < -0.3 is 9.80 Å². The van der Waals surface area contributed by atoms with Crippen LogP contribution in [0.4, 0.5) is 5.82 Å². The van der Waals surface area contributed by atoms with Gasteiger partial charge in [-0.3, -0.25) is 4.79 Å². The van der Waals surface area contributed by atoms with Crippen LogP contribution in [0.2, 0.25) is 0 Å². The molecule has 3 saturated heterocycles. The second kappa shape index (κ2) is 6.16. The van der Waals surface area contributed by atoms with Gasteiger partial charge in [0.1, 0.15) is 17.0 Å². The average Bonchev–Trinajstić information content (AvgIpc) is 2.88. The smallest absolute Gasteiger partial charge is 0.228 e. The van der Waals surface area contributed by atoms with Gasteiger partial charge in [-0.1, -0.05) is 11.6 Å². The van der Waals surface area contributed by atoms with Gasteiger partial charge >= 0.3 is 0 Å². The summed E-state index contributed by atoms with van der Waals surface area (Å²) in [4.78, 5) is 27.1. The number of hydrogen-bond acceptors (Lipinski definition) is 5. The molecule has 5 rings (SSSR count). The van der Waals surface area contributed by atoms with E-state index in [4.69, 9.17) is 0 Å². The molecule has 2 bridgehead atoms. The lowest BCUT2D eigenvalue weighted by Gasteiger charge is -2.35. The molecule has 126 valence electrons. The first-order chi connectivity index (χ1) is 11.6. The number of carbonyl (C=O) groups excluding carboxylic acids is 1. The number of allylic oxidation sites excluding steroid dienone is 1. The molecule has 5 nitrogen and oxygen atoms in total. The van der Waals surface area contributed by atoms with Gasteiger partial charge in [0.25, 0.3) is 0 Å². The number of aromatic nitrogens is 2. The molecule has 2 atom stereocenters. The number of piperidine rings is 1. The van der Waals surface area contributed by atoms with Gasteiger partial charge in [0, 0.05) is 25.7 Å². The Balaban J connectivity index is 1.66. The number of rotatable bonds is 3. The zero-order chi connectivity index (χ0) is 16.7. The van der Waals surface area contributed by atoms with Gasteiger partial charge in [0.05, 0.1) is 11.3 Å². The van der Waals surface area contributed by atoms with Crippen LogP contribution in [0, 0.1) is 5.92 Å². The van der Waals surface area contributed by atoms with Crippen molar-refractivity contribution in [3.8, 4) is 0 Å². The average molecular weight is 342 g/mol. The van der Waals surface area contributed by atoms with Crippen LogP contribution in [0.3, 0.4) is 0 Å². The van der Waals surface area contributed by atoms with Crippen LogP contribution in [-0.2, 0) is 4.79 Å². The number of carbonyl (C=O) groups is 1. The summed E-state index contributed by atoms with van der Waals surface area (Å²) in [6.45, 7) is 6.53. The standard InChI is InChI=1S/C18H22N4OS/c1-12(2)5-7-22-14-4-3-13(18(22)23)9-21(10-14)16-15-6-8-24-17(15)20-11-19-16/h5-6,8,11,13-14H,3-4,7,9-10H2,1-2H3/t13-,14+/m0/s1. The normalized spacial score (nSPS) is 23.7. The molecule has 3 aliphatic rings. The quantitative estimate of drug-likeness (QED) is 0.804. The van der Waals surface area contributed by atoms with Gasteiger partial charge in [-0.15, -0.1) is 11.3 Å². The molecule has 0 radical (unpaired) electrons. The number of anilines is 1. The summed E-state index contributed by atoms with van der Waals surface area (Å²) in [6.07, 6.45) is 5.87. The summed E-state index contributed by atoms with van der Waals surface area (Å²) in [5.74, 6) is 1.37. The molecule has 2 aromatic heterocycles. The maximum Gasteiger partial charge on any atom is 0.228 e. The van der Waals surface area contributed by atoms with Gasteiger partial charge in [-0.25, -0.2) is 9.97 Å². The summed E-state index contributed by atoms with van der Waals surface area (Å²) in [7, 11) is 0. The fourth-order valence-corrected chi connectivity index (χ4v) is 4.49. The second-order valence-electron chi connectivity index (χ2n) is 6.94. The molecule has 0 aliphatic carbocycles. The Morgan fingerprint density at radius 1 is 1.33 bits per heavy atom. The fraction of sp³-hybridized carbons (Fsp3) is 0.500. The Morgan fingerprint density at radius 2 is 2.21 bits per heavy atom. The highest BCUT2D eigenvalue weighted by molar-refractivity contribution is 7.16. The van der Waals surface area contributed by atoms with Crippen LogP contribution in [0.1, 0.15) is 26.7 Å². The van der Waals surface area contributed by atoms with Gasteiger partial charge in [-0.05, 0) is 38.1 Å².